The highest BCUT2D eigenvalue weighted by molar-refractivity contribution is 5.02. The number of nitrogens with zero attached hydrogens (tertiary/aromatic N) is 2. The van der Waals surface area contributed by atoms with Crippen molar-refractivity contribution in [1.29, 1.82) is 0 Å². The van der Waals surface area contributed by atoms with Crippen molar-refractivity contribution in [2.45, 2.75) is 84.0 Å². The summed E-state index contributed by atoms with van der Waals surface area (Å²) in [5.74, 6) is 0. The van der Waals surface area contributed by atoms with Gasteiger partial charge in [0.05, 0.1) is 0 Å². The van der Waals surface area contributed by atoms with E-state index in [1.165, 1.54) is 32.4 Å². The Bertz CT molecular complexity index is 244. The number of fused-ring (bicyclic) bond motifs is 1. The molecule has 2 atom stereocenters. The summed E-state index contributed by atoms with van der Waals surface area (Å²) < 4.78 is 0. The largest absolute Gasteiger partial charge is 0.293 e. The number of hydrogen-bond donors (Lipinski definition) is 0. The molecule has 0 aromatic heterocycles. The van der Waals surface area contributed by atoms with Crippen molar-refractivity contribution in [3.8, 4) is 0 Å². The molecule has 0 N–H and O–H groups in total. The van der Waals surface area contributed by atoms with E-state index < -0.39 is 0 Å². The zero-order valence-corrected chi connectivity index (χ0v) is 12.6. The van der Waals surface area contributed by atoms with Gasteiger partial charge in [-0.3, -0.25) is 9.80 Å². The molecule has 1 saturated heterocycles. The third-order valence-electron chi connectivity index (χ3n) is 4.55. The van der Waals surface area contributed by atoms with Gasteiger partial charge >= 0.3 is 0 Å². The second-order valence-electron chi connectivity index (χ2n) is 7.79. The van der Waals surface area contributed by atoms with Gasteiger partial charge in [-0.25, -0.2) is 0 Å². The fourth-order valence-electron chi connectivity index (χ4n) is 3.86. The van der Waals surface area contributed by atoms with Crippen LogP contribution in [-0.2, 0) is 0 Å². The fourth-order valence-corrected chi connectivity index (χ4v) is 3.86. The highest BCUT2D eigenvalue weighted by Crippen LogP contribution is 2.38. The molecule has 2 nitrogen and oxygen atoms in total. The summed E-state index contributed by atoms with van der Waals surface area (Å²) in [6.07, 6.45) is 4.21. The van der Waals surface area contributed by atoms with Crippen LogP contribution in [0.4, 0.5) is 0 Å². The Kier molecular flexibility index (Phi) is 3.33. The van der Waals surface area contributed by atoms with E-state index in [0.29, 0.717) is 11.1 Å². The molecule has 0 spiro atoms. The predicted octanol–water partition coefficient (Wildman–Crippen LogP) is 3.12. The average molecular weight is 238 g/mol. The zero-order valence-electron chi connectivity index (χ0n) is 12.6. The summed E-state index contributed by atoms with van der Waals surface area (Å²) >= 11 is 0. The van der Waals surface area contributed by atoms with Crippen LogP contribution in [0.5, 0.6) is 0 Å². The van der Waals surface area contributed by atoms with Crippen LogP contribution in [0.3, 0.4) is 0 Å². The van der Waals surface area contributed by atoms with Gasteiger partial charge in [0.1, 0.15) is 0 Å². The van der Waals surface area contributed by atoms with Gasteiger partial charge in [0, 0.05) is 36.3 Å². The lowest BCUT2D eigenvalue weighted by atomic mass is 9.92. The molecule has 2 aliphatic rings. The van der Waals surface area contributed by atoms with E-state index in [9.17, 15) is 0 Å². The van der Waals surface area contributed by atoms with Gasteiger partial charge in [-0.1, -0.05) is 6.42 Å². The molecule has 0 bridgehead atoms. The Balaban J connectivity index is 2.18. The van der Waals surface area contributed by atoms with E-state index in [2.05, 4.69) is 51.3 Å². The van der Waals surface area contributed by atoms with Crippen molar-refractivity contribution in [2.24, 2.45) is 0 Å². The maximum absolute atomic E-state index is 2.76. The van der Waals surface area contributed by atoms with Gasteiger partial charge in [0.2, 0.25) is 0 Å². The molecule has 2 unspecified atom stereocenters. The van der Waals surface area contributed by atoms with E-state index in [-0.39, 0.29) is 0 Å². The van der Waals surface area contributed by atoms with Gasteiger partial charge in [-0.15, -0.1) is 0 Å². The number of hydrogen-bond acceptors (Lipinski definition) is 2. The van der Waals surface area contributed by atoms with Crippen LogP contribution in [-0.4, -0.2) is 46.1 Å². The third-order valence-corrected chi connectivity index (χ3v) is 4.55. The van der Waals surface area contributed by atoms with Crippen molar-refractivity contribution in [3.05, 3.63) is 0 Å². The Morgan fingerprint density at radius 2 is 1.06 bits per heavy atom. The summed E-state index contributed by atoms with van der Waals surface area (Å²) in [4.78, 5) is 5.51. The van der Waals surface area contributed by atoms with Crippen molar-refractivity contribution in [1.82, 2.24) is 9.80 Å². The van der Waals surface area contributed by atoms with Crippen LogP contribution in [0.1, 0.15) is 60.8 Å². The smallest absolute Gasteiger partial charge is 0.0257 e. The topological polar surface area (TPSA) is 6.48 Å². The van der Waals surface area contributed by atoms with E-state index in [1.807, 2.05) is 0 Å². The van der Waals surface area contributed by atoms with Gasteiger partial charge < -0.3 is 0 Å². The predicted molar refractivity (Wildman–Crippen MR) is 74.3 cm³/mol. The molecule has 1 aliphatic carbocycles. The lowest BCUT2D eigenvalue weighted by Gasteiger charge is -2.54. The number of piperazine rings is 1. The van der Waals surface area contributed by atoms with Gasteiger partial charge in [-0.2, -0.15) is 0 Å². The lowest BCUT2D eigenvalue weighted by molar-refractivity contribution is -0.0519. The van der Waals surface area contributed by atoms with E-state index >= 15 is 0 Å². The first-order valence-electron chi connectivity index (χ1n) is 7.25. The lowest BCUT2D eigenvalue weighted by Crippen LogP contribution is -2.65. The quantitative estimate of drug-likeness (QED) is 0.640. The van der Waals surface area contributed by atoms with Crippen LogP contribution < -0.4 is 0 Å². The maximum atomic E-state index is 2.76. The summed E-state index contributed by atoms with van der Waals surface area (Å²) in [6, 6.07) is 1.59. The van der Waals surface area contributed by atoms with Gasteiger partial charge in [0.15, 0.2) is 0 Å². The standard InChI is InChI=1S/C15H30N2/c1-14(2,3)16-10-11-17(15(4,5)6)13-9-7-8-12(13)16/h12-13H,7-11H2,1-6H3. The molecule has 0 aromatic carbocycles. The van der Waals surface area contributed by atoms with Gasteiger partial charge in [-0.05, 0) is 54.4 Å². The summed E-state index contributed by atoms with van der Waals surface area (Å²) in [5, 5.41) is 0. The van der Waals surface area contributed by atoms with Crippen molar-refractivity contribution >= 4 is 0 Å². The Morgan fingerprint density at radius 3 is 1.35 bits per heavy atom. The molecule has 1 aliphatic heterocycles. The summed E-state index contributed by atoms with van der Waals surface area (Å²) in [5.41, 5.74) is 0.661. The zero-order chi connectivity index (χ0) is 12.8. The Hall–Kier alpha value is -0.0800. The molecule has 2 rings (SSSR count). The van der Waals surface area contributed by atoms with Crippen LogP contribution in [0.25, 0.3) is 0 Å². The first-order chi connectivity index (χ1) is 7.71. The van der Waals surface area contributed by atoms with E-state index in [4.69, 9.17) is 0 Å². The second-order valence-corrected chi connectivity index (χ2v) is 7.79. The molecular formula is C15H30N2. The van der Waals surface area contributed by atoms with Crippen LogP contribution >= 0.6 is 0 Å². The minimum Gasteiger partial charge on any atom is -0.293 e. The van der Waals surface area contributed by atoms with Crippen LogP contribution in [0.15, 0.2) is 0 Å². The molecule has 0 amide bonds. The summed E-state index contributed by atoms with van der Waals surface area (Å²) in [7, 11) is 0. The Labute approximate surface area is 107 Å². The van der Waals surface area contributed by atoms with Crippen molar-refractivity contribution in [3.63, 3.8) is 0 Å². The highest BCUT2D eigenvalue weighted by Gasteiger charge is 2.45. The van der Waals surface area contributed by atoms with Crippen molar-refractivity contribution < 1.29 is 0 Å². The molecule has 1 saturated carbocycles. The molecule has 2 fully saturated rings. The van der Waals surface area contributed by atoms with Crippen LogP contribution in [0, 0.1) is 0 Å². The van der Waals surface area contributed by atoms with Crippen LogP contribution in [0.2, 0.25) is 0 Å². The molecule has 1 heterocycles. The summed E-state index contributed by atoms with van der Waals surface area (Å²) in [6.45, 7) is 16.7. The second kappa shape index (κ2) is 4.24. The first kappa shape index (κ1) is 13.4. The van der Waals surface area contributed by atoms with Crippen molar-refractivity contribution in [2.75, 3.05) is 13.1 Å². The molecule has 17 heavy (non-hydrogen) atoms. The highest BCUT2D eigenvalue weighted by atomic mass is 15.4. The van der Waals surface area contributed by atoms with E-state index in [0.717, 1.165) is 12.1 Å². The molecule has 2 heteroatoms. The maximum Gasteiger partial charge on any atom is 0.0257 e. The number of rotatable bonds is 0. The minimum absolute atomic E-state index is 0.331. The molecular weight excluding hydrogens is 208 g/mol. The molecule has 100 valence electrons. The van der Waals surface area contributed by atoms with E-state index in [1.54, 1.807) is 0 Å². The monoisotopic (exact) mass is 238 g/mol. The molecule has 0 radical (unpaired) electrons. The Morgan fingerprint density at radius 1 is 0.706 bits per heavy atom. The normalized spacial score (nSPS) is 32.8. The van der Waals surface area contributed by atoms with Gasteiger partial charge in [0.25, 0.3) is 0 Å². The fraction of sp³-hybridized carbons (Fsp3) is 1.00. The molecule has 0 aromatic rings. The SMILES string of the molecule is CC(C)(C)N1CCN(C(C)(C)C)C2CCCC21. The minimum atomic E-state index is 0.331. The average Bonchev–Trinajstić information content (AvgIpc) is 2.60. The first-order valence-corrected chi connectivity index (χ1v) is 7.25. The third kappa shape index (κ3) is 2.53.